The molecule has 21 heavy (non-hydrogen) atoms. The van der Waals surface area contributed by atoms with Gasteiger partial charge in [-0.3, -0.25) is 0 Å². The van der Waals surface area contributed by atoms with Gasteiger partial charge in [0.2, 0.25) is 5.88 Å². The highest BCUT2D eigenvalue weighted by Gasteiger charge is 2.07. The number of rotatable bonds is 8. The SMILES string of the molecule is CCNc1cc(OCCCOC)nc(-c2ccccc2)n1. The van der Waals surface area contributed by atoms with E-state index in [9.17, 15) is 0 Å². The number of aromatic nitrogens is 2. The molecule has 0 saturated carbocycles. The molecule has 1 heterocycles. The van der Waals surface area contributed by atoms with Crippen LogP contribution >= 0.6 is 0 Å². The zero-order valence-corrected chi connectivity index (χ0v) is 12.5. The van der Waals surface area contributed by atoms with Crippen LogP contribution in [0.5, 0.6) is 5.88 Å². The average Bonchev–Trinajstić information content (AvgIpc) is 2.53. The quantitative estimate of drug-likeness (QED) is 0.756. The molecule has 5 nitrogen and oxygen atoms in total. The molecule has 0 aliphatic heterocycles. The van der Waals surface area contributed by atoms with E-state index in [1.165, 1.54) is 0 Å². The number of methoxy groups -OCH3 is 1. The summed E-state index contributed by atoms with van der Waals surface area (Å²) in [5.74, 6) is 2.01. The maximum Gasteiger partial charge on any atom is 0.219 e. The Morgan fingerprint density at radius 1 is 1.10 bits per heavy atom. The Kier molecular flexibility index (Phi) is 5.97. The molecule has 0 fully saturated rings. The highest BCUT2D eigenvalue weighted by molar-refractivity contribution is 5.58. The third-order valence-corrected chi connectivity index (χ3v) is 2.84. The van der Waals surface area contributed by atoms with Crippen molar-refractivity contribution >= 4 is 5.82 Å². The van der Waals surface area contributed by atoms with Crippen LogP contribution in [0.2, 0.25) is 0 Å². The smallest absolute Gasteiger partial charge is 0.219 e. The molecule has 1 aromatic heterocycles. The van der Waals surface area contributed by atoms with Gasteiger partial charge in [0.25, 0.3) is 0 Å². The molecule has 0 amide bonds. The molecule has 0 unspecified atom stereocenters. The van der Waals surface area contributed by atoms with Gasteiger partial charge in [-0.2, -0.15) is 4.98 Å². The zero-order valence-electron chi connectivity index (χ0n) is 12.5. The molecule has 0 spiro atoms. The lowest BCUT2D eigenvalue weighted by atomic mass is 10.2. The van der Waals surface area contributed by atoms with Gasteiger partial charge in [-0.25, -0.2) is 4.98 Å². The van der Waals surface area contributed by atoms with Crippen molar-refractivity contribution in [3.63, 3.8) is 0 Å². The molecule has 0 aliphatic carbocycles. The highest BCUT2D eigenvalue weighted by Crippen LogP contribution is 2.21. The molecule has 0 aliphatic rings. The van der Waals surface area contributed by atoms with Gasteiger partial charge in [0, 0.05) is 38.3 Å². The van der Waals surface area contributed by atoms with E-state index in [2.05, 4.69) is 15.3 Å². The first kappa shape index (κ1) is 15.3. The van der Waals surface area contributed by atoms with Crippen molar-refractivity contribution < 1.29 is 9.47 Å². The van der Waals surface area contributed by atoms with E-state index in [0.29, 0.717) is 24.9 Å². The summed E-state index contributed by atoms with van der Waals surface area (Å²) in [5.41, 5.74) is 0.971. The summed E-state index contributed by atoms with van der Waals surface area (Å²) in [6.07, 6.45) is 0.831. The van der Waals surface area contributed by atoms with Crippen LogP contribution in [0.4, 0.5) is 5.82 Å². The van der Waals surface area contributed by atoms with Crippen LogP contribution in [0.3, 0.4) is 0 Å². The lowest BCUT2D eigenvalue weighted by Gasteiger charge is -2.10. The minimum atomic E-state index is 0.574. The maximum absolute atomic E-state index is 5.69. The van der Waals surface area contributed by atoms with E-state index in [-0.39, 0.29) is 0 Å². The van der Waals surface area contributed by atoms with Crippen LogP contribution in [0.25, 0.3) is 11.4 Å². The number of hydrogen-bond donors (Lipinski definition) is 1. The van der Waals surface area contributed by atoms with Crippen molar-refractivity contribution in [2.45, 2.75) is 13.3 Å². The minimum absolute atomic E-state index is 0.574. The lowest BCUT2D eigenvalue weighted by Crippen LogP contribution is -2.06. The maximum atomic E-state index is 5.69. The largest absolute Gasteiger partial charge is 0.477 e. The molecule has 0 atom stereocenters. The third-order valence-electron chi connectivity index (χ3n) is 2.84. The van der Waals surface area contributed by atoms with Gasteiger partial charge in [0.05, 0.1) is 6.61 Å². The van der Waals surface area contributed by atoms with Crippen LogP contribution < -0.4 is 10.1 Å². The lowest BCUT2D eigenvalue weighted by molar-refractivity contribution is 0.170. The van der Waals surface area contributed by atoms with E-state index in [0.717, 1.165) is 24.3 Å². The Balaban J connectivity index is 2.18. The molecule has 0 saturated heterocycles. The molecule has 0 radical (unpaired) electrons. The van der Waals surface area contributed by atoms with E-state index in [1.807, 2.05) is 43.3 Å². The molecule has 1 N–H and O–H groups in total. The minimum Gasteiger partial charge on any atom is -0.477 e. The van der Waals surface area contributed by atoms with Gasteiger partial charge in [0.1, 0.15) is 5.82 Å². The standard InChI is InChI=1S/C16H21N3O2/c1-3-17-14-12-15(21-11-7-10-20-2)19-16(18-14)13-8-5-4-6-9-13/h4-6,8-9,12H,3,7,10-11H2,1-2H3,(H,17,18,19). The van der Waals surface area contributed by atoms with Crippen molar-refractivity contribution in [3.8, 4) is 17.3 Å². The summed E-state index contributed by atoms with van der Waals surface area (Å²) in [6.45, 7) is 4.08. The van der Waals surface area contributed by atoms with Crippen LogP contribution in [0.1, 0.15) is 13.3 Å². The Bertz CT molecular complexity index is 546. The van der Waals surface area contributed by atoms with Crippen LogP contribution in [-0.2, 0) is 4.74 Å². The van der Waals surface area contributed by atoms with E-state index < -0.39 is 0 Å². The van der Waals surface area contributed by atoms with E-state index >= 15 is 0 Å². The Morgan fingerprint density at radius 2 is 1.90 bits per heavy atom. The fraction of sp³-hybridized carbons (Fsp3) is 0.375. The van der Waals surface area contributed by atoms with Crippen LogP contribution in [0.15, 0.2) is 36.4 Å². The van der Waals surface area contributed by atoms with Gasteiger partial charge >= 0.3 is 0 Å². The Morgan fingerprint density at radius 3 is 2.62 bits per heavy atom. The summed E-state index contributed by atoms with van der Waals surface area (Å²) >= 11 is 0. The average molecular weight is 287 g/mol. The van der Waals surface area contributed by atoms with Gasteiger partial charge < -0.3 is 14.8 Å². The molecule has 1 aromatic carbocycles. The first-order chi connectivity index (χ1) is 10.3. The second-order valence-electron chi connectivity index (χ2n) is 4.51. The molecule has 2 aromatic rings. The van der Waals surface area contributed by atoms with Gasteiger partial charge in [0.15, 0.2) is 5.82 Å². The summed E-state index contributed by atoms with van der Waals surface area (Å²) in [5, 5.41) is 3.20. The van der Waals surface area contributed by atoms with Crippen molar-refractivity contribution in [2.75, 3.05) is 32.2 Å². The molecule has 2 rings (SSSR count). The molecule has 112 valence electrons. The van der Waals surface area contributed by atoms with Gasteiger partial charge in [-0.1, -0.05) is 30.3 Å². The summed E-state index contributed by atoms with van der Waals surface area (Å²) in [4.78, 5) is 8.98. The van der Waals surface area contributed by atoms with Crippen LogP contribution in [-0.4, -0.2) is 36.8 Å². The second-order valence-corrected chi connectivity index (χ2v) is 4.51. The first-order valence-corrected chi connectivity index (χ1v) is 7.13. The molecule has 5 heteroatoms. The summed E-state index contributed by atoms with van der Waals surface area (Å²) in [6, 6.07) is 11.7. The normalized spacial score (nSPS) is 10.4. The van der Waals surface area contributed by atoms with Crippen molar-refractivity contribution in [2.24, 2.45) is 0 Å². The molecular formula is C16H21N3O2. The van der Waals surface area contributed by atoms with Crippen LogP contribution in [0, 0.1) is 0 Å². The van der Waals surface area contributed by atoms with E-state index in [1.54, 1.807) is 7.11 Å². The van der Waals surface area contributed by atoms with Gasteiger partial charge in [-0.05, 0) is 6.92 Å². The first-order valence-electron chi connectivity index (χ1n) is 7.13. The Labute approximate surface area is 125 Å². The number of benzene rings is 1. The van der Waals surface area contributed by atoms with E-state index in [4.69, 9.17) is 9.47 Å². The van der Waals surface area contributed by atoms with Crippen molar-refractivity contribution in [1.82, 2.24) is 9.97 Å². The highest BCUT2D eigenvalue weighted by atomic mass is 16.5. The molecular weight excluding hydrogens is 266 g/mol. The van der Waals surface area contributed by atoms with Crippen molar-refractivity contribution in [1.29, 1.82) is 0 Å². The fourth-order valence-corrected chi connectivity index (χ4v) is 1.87. The summed E-state index contributed by atoms with van der Waals surface area (Å²) in [7, 11) is 1.68. The fourth-order valence-electron chi connectivity index (χ4n) is 1.87. The molecule has 0 bridgehead atoms. The monoisotopic (exact) mass is 287 g/mol. The summed E-state index contributed by atoms with van der Waals surface area (Å²) < 4.78 is 10.7. The number of ether oxygens (including phenoxy) is 2. The Hall–Kier alpha value is -2.14. The third kappa shape index (κ3) is 4.72. The zero-order chi connectivity index (χ0) is 14.9. The van der Waals surface area contributed by atoms with Gasteiger partial charge in [-0.15, -0.1) is 0 Å². The second kappa shape index (κ2) is 8.21. The number of anilines is 1. The predicted octanol–water partition coefficient (Wildman–Crippen LogP) is 2.99. The number of nitrogens with zero attached hydrogens (tertiary/aromatic N) is 2. The number of nitrogens with one attached hydrogen (secondary N) is 1. The predicted molar refractivity (Wildman–Crippen MR) is 83.6 cm³/mol. The number of hydrogen-bond acceptors (Lipinski definition) is 5. The van der Waals surface area contributed by atoms with Crippen molar-refractivity contribution in [3.05, 3.63) is 36.4 Å². The topological polar surface area (TPSA) is 56.3 Å².